The Balaban J connectivity index is 1.96. The molecule has 1 amide bonds. The molecular weight excluding hydrogens is 334 g/mol. The molecule has 2 aromatic rings. The number of hydroxylamine groups is 1. The van der Waals surface area contributed by atoms with Crippen LogP contribution in [0.5, 0.6) is 5.75 Å². The number of nitrogens with one attached hydrogen (secondary N) is 1. The fourth-order valence-electron chi connectivity index (χ4n) is 2.54. The molecule has 1 aliphatic rings. The normalized spacial score (nSPS) is 13.5. The zero-order chi connectivity index (χ0) is 17.3. The number of sulfonamides is 1. The predicted molar refractivity (Wildman–Crippen MR) is 84.7 cm³/mol. The minimum Gasteiger partial charge on any atom is -0.497 e. The van der Waals surface area contributed by atoms with Gasteiger partial charge in [-0.1, -0.05) is 0 Å². The summed E-state index contributed by atoms with van der Waals surface area (Å²) in [5.74, 6) is 0.163. The lowest BCUT2D eigenvalue weighted by Crippen LogP contribution is -2.29. The van der Waals surface area contributed by atoms with E-state index < -0.39 is 15.9 Å². The zero-order valence-electron chi connectivity index (χ0n) is 12.8. The Morgan fingerprint density at radius 3 is 2.67 bits per heavy atom. The molecule has 0 saturated heterocycles. The van der Waals surface area contributed by atoms with Crippen molar-refractivity contribution in [3.63, 3.8) is 0 Å². The van der Waals surface area contributed by atoms with Crippen LogP contribution in [0.3, 0.4) is 0 Å². The van der Waals surface area contributed by atoms with Gasteiger partial charge in [0.2, 0.25) is 0 Å². The molecule has 0 atom stereocenters. The number of ether oxygens (including phenoxy) is 1. The molecule has 2 heterocycles. The van der Waals surface area contributed by atoms with E-state index in [0.29, 0.717) is 23.6 Å². The van der Waals surface area contributed by atoms with Crippen LogP contribution in [0.2, 0.25) is 0 Å². The molecule has 2 N–H and O–H groups in total. The first-order valence-corrected chi connectivity index (χ1v) is 8.51. The second-order valence-corrected chi connectivity index (χ2v) is 7.01. The van der Waals surface area contributed by atoms with Crippen LogP contribution in [-0.2, 0) is 16.4 Å². The van der Waals surface area contributed by atoms with Crippen LogP contribution in [0.15, 0.2) is 41.4 Å². The molecule has 8 nitrogen and oxygen atoms in total. The third-order valence-electron chi connectivity index (χ3n) is 3.77. The second-order valence-electron chi connectivity index (χ2n) is 5.15. The van der Waals surface area contributed by atoms with Crippen molar-refractivity contribution in [3.8, 4) is 5.75 Å². The van der Waals surface area contributed by atoms with Crippen molar-refractivity contribution in [3.05, 3.63) is 47.7 Å². The maximum Gasteiger partial charge on any atom is 0.276 e. The first-order valence-electron chi connectivity index (χ1n) is 7.07. The number of amides is 1. The molecule has 1 aromatic heterocycles. The summed E-state index contributed by atoms with van der Waals surface area (Å²) in [6.45, 7) is 0.237. The number of carbonyl (C=O) groups excluding carboxylic acids is 1. The van der Waals surface area contributed by atoms with Gasteiger partial charge in [0.05, 0.1) is 17.6 Å². The summed E-state index contributed by atoms with van der Waals surface area (Å²) in [6.07, 6.45) is 1.66. The molecule has 0 radical (unpaired) electrons. The van der Waals surface area contributed by atoms with E-state index in [-0.39, 0.29) is 17.0 Å². The molecule has 24 heavy (non-hydrogen) atoms. The van der Waals surface area contributed by atoms with Gasteiger partial charge in [0.15, 0.2) is 0 Å². The number of nitrogens with zero attached hydrogens (tertiary/aromatic N) is 2. The Morgan fingerprint density at radius 1 is 1.33 bits per heavy atom. The fraction of sp³-hybridized carbons (Fsp3) is 0.200. The van der Waals surface area contributed by atoms with Gasteiger partial charge in [0.1, 0.15) is 11.6 Å². The second kappa shape index (κ2) is 6.10. The Labute approximate surface area is 138 Å². The van der Waals surface area contributed by atoms with Crippen LogP contribution >= 0.6 is 0 Å². The highest BCUT2D eigenvalue weighted by molar-refractivity contribution is 7.92. The number of aromatic nitrogens is 1. The van der Waals surface area contributed by atoms with Gasteiger partial charge in [-0.15, -0.1) is 0 Å². The molecular formula is C15H15N3O5S. The Morgan fingerprint density at radius 2 is 2.04 bits per heavy atom. The summed E-state index contributed by atoms with van der Waals surface area (Å²) in [5.41, 5.74) is 2.33. The quantitative estimate of drug-likeness (QED) is 0.629. The van der Waals surface area contributed by atoms with E-state index in [1.54, 1.807) is 12.1 Å². The summed E-state index contributed by atoms with van der Waals surface area (Å²) in [4.78, 5) is 15.6. The SMILES string of the molecule is COc1ccc(S(=O)(=O)N2CCc3cc(C(=O)NO)cnc32)cc1. The van der Waals surface area contributed by atoms with E-state index in [4.69, 9.17) is 9.94 Å². The Kier molecular flexibility index (Phi) is 4.12. The third kappa shape index (κ3) is 2.68. The van der Waals surface area contributed by atoms with Gasteiger partial charge in [-0.2, -0.15) is 0 Å². The summed E-state index contributed by atoms with van der Waals surface area (Å²) < 4.78 is 31.8. The average molecular weight is 349 g/mol. The summed E-state index contributed by atoms with van der Waals surface area (Å²) >= 11 is 0. The van der Waals surface area contributed by atoms with Crippen LogP contribution in [0.4, 0.5) is 5.82 Å². The first kappa shape index (κ1) is 16.2. The highest BCUT2D eigenvalue weighted by Crippen LogP contribution is 2.32. The summed E-state index contributed by atoms with van der Waals surface area (Å²) in [6, 6.07) is 7.62. The average Bonchev–Trinajstić information content (AvgIpc) is 3.05. The van der Waals surface area contributed by atoms with Crippen molar-refractivity contribution >= 4 is 21.7 Å². The molecule has 126 valence electrons. The number of fused-ring (bicyclic) bond motifs is 1. The lowest BCUT2D eigenvalue weighted by Gasteiger charge is -2.18. The number of pyridine rings is 1. The smallest absolute Gasteiger partial charge is 0.276 e. The van der Waals surface area contributed by atoms with Crippen molar-refractivity contribution in [2.24, 2.45) is 0 Å². The topological polar surface area (TPSA) is 109 Å². The number of carbonyl (C=O) groups is 1. The van der Waals surface area contributed by atoms with Crippen LogP contribution in [0.1, 0.15) is 15.9 Å². The van der Waals surface area contributed by atoms with Crippen molar-refractivity contribution in [1.29, 1.82) is 0 Å². The standard InChI is InChI=1S/C15H15N3O5S/c1-23-12-2-4-13(5-3-12)24(21,22)18-7-6-10-8-11(15(19)17-20)9-16-14(10)18/h2-5,8-9,20H,6-7H2,1H3,(H,17,19). The van der Waals surface area contributed by atoms with Crippen molar-refractivity contribution in [2.45, 2.75) is 11.3 Å². The van der Waals surface area contributed by atoms with E-state index in [2.05, 4.69) is 4.98 Å². The lowest BCUT2D eigenvalue weighted by atomic mass is 10.1. The van der Waals surface area contributed by atoms with Gasteiger partial charge in [-0.3, -0.25) is 10.0 Å². The minimum atomic E-state index is -3.75. The van der Waals surface area contributed by atoms with E-state index in [1.807, 2.05) is 0 Å². The van der Waals surface area contributed by atoms with Crippen molar-refractivity contribution < 1.29 is 23.2 Å². The van der Waals surface area contributed by atoms with E-state index in [1.165, 1.54) is 41.3 Å². The molecule has 0 saturated carbocycles. The third-order valence-corrected chi connectivity index (χ3v) is 5.58. The molecule has 0 bridgehead atoms. The summed E-state index contributed by atoms with van der Waals surface area (Å²) in [7, 11) is -2.25. The molecule has 3 rings (SSSR count). The monoisotopic (exact) mass is 349 g/mol. The molecule has 0 fully saturated rings. The zero-order valence-corrected chi connectivity index (χ0v) is 13.6. The van der Waals surface area contributed by atoms with Crippen LogP contribution < -0.4 is 14.5 Å². The minimum absolute atomic E-state index is 0.134. The lowest BCUT2D eigenvalue weighted by molar-refractivity contribution is 0.0706. The number of methoxy groups -OCH3 is 1. The molecule has 0 spiro atoms. The van der Waals surface area contributed by atoms with Crippen molar-refractivity contribution in [1.82, 2.24) is 10.5 Å². The van der Waals surface area contributed by atoms with E-state index in [0.717, 1.165) is 0 Å². The molecule has 0 unspecified atom stereocenters. The van der Waals surface area contributed by atoms with Gasteiger partial charge in [-0.25, -0.2) is 23.2 Å². The van der Waals surface area contributed by atoms with E-state index in [9.17, 15) is 13.2 Å². The van der Waals surface area contributed by atoms with Gasteiger partial charge < -0.3 is 4.74 Å². The molecule has 0 aliphatic carbocycles. The number of benzene rings is 1. The summed E-state index contributed by atoms with van der Waals surface area (Å²) in [5, 5.41) is 8.67. The van der Waals surface area contributed by atoms with Gasteiger partial charge >= 0.3 is 0 Å². The predicted octanol–water partition coefficient (Wildman–Crippen LogP) is 0.961. The maximum absolute atomic E-state index is 12.8. The van der Waals surface area contributed by atoms with Crippen LogP contribution in [0.25, 0.3) is 0 Å². The highest BCUT2D eigenvalue weighted by Gasteiger charge is 2.32. The van der Waals surface area contributed by atoms with Crippen LogP contribution in [0, 0.1) is 0 Å². The number of anilines is 1. The molecule has 9 heteroatoms. The highest BCUT2D eigenvalue weighted by atomic mass is 32.2. The van der Waals surface area contributed by atoms with Crippen LogP contribution in [-0.4, -0.2) is 38.2 Å². The Bertz CT molecular complexity index is 880. The first-order chi connectivity index (χ1) is 11.5. The maximum atomic E-state index is 12.8. The number of hydrogen-bond donors (Lipinski definition) is 2. The number of hydrogen-bond acceptors (Lipinski definition) is 6. The largest absolute Gasteiger partial charge is 0.497 e. The fourth-order valence-corrected chi connectivity index (χ4v) is 4.00. The Hall–Kier alpha value is -2.65. The van der Waals surface area contributed by atoms with Gasteiger partial charge in [0.25, 0.3) is 15.9 Å². The van der Waals surface area contributed by atoms with Crippen molar-refractivity contribution in [2.75, 3.05) is 18.0 Å². The van der Waals surface area contributed by atoms with E-state index >= 15 is 0 Å². The van der Waals surface area contributed by atoms with Gasteiger partial charge in [-0.05, 0) is 42.3 Å². The molecule has 1 aromatic carbocycles. The molecule has 1 aliphatic heterocycles. The number of rotatable bonds is 4. The van der Waals surface area contributed by atoms with Gasteiger partial charge in [0, 0.05) is 12.7 Å².